The monoisotopic (exact) mass is 448 g/mol. The Morgan fingerprint density at radius 3 is 2.62 bits per heavy atom. The number of ether oxygens (including phenoxy) is 1. The molecule has 2 amide bonds. The van der Waals surface area contributed by atoms with E-state index >= 15 is 0 Å². The first kappa shape index (κ1) is 22.1. The summed E-state index contributed by atoms with van der Waals surface area (Å²) in [7, 11) is 1.67. The lowest BCUT2D eigenvalue weighted by Crippen LogP contribution is -2.44. The number of rotatable bonds is 7. The smallest absolute Gasteiger partial charge is 0.257 e. The molecule has 4 rings (SSSR count). The summed E-state index contributed by atoms with van der Waals surface area (Å²) in [5.74, 6) is 0.471. The van der Waals surface area contributed by atoms with Gasteiger partial charge < -0.3 is 15.0 Å². The summed E-state index contributed by atoms with van der Waals surface area (Å²) in [6.45, 7) is 3.31. The highest BCUT2D eigenvalue weighted by Crippen LogP contribution is 2.39. The fourth-order valence-electron chi connectivity index (χ4n) is 4.53. The number of hydrogen-bond acceptors (Lipinski definition) is 4. The van der Waals surface area contributed by atoms with Gasteiger partial charge in [0, 0.05) is 25.0 Å². The third-order valence-corrected chi connectivity index (χ3v) is 7.00. The molecule has 0 bridgehead atoms. The topological polar surface area (TPSA) is 58.6 Å². The summed E-state index contributed by atoms with van der Waals surface area (Å²) in [6.07, 6.45) is 1.20. The van der Waals surface area contributed by atoms with Crippen LogP contribution in [0.5, 0.6) is 5.75 Å². The van der Waals surface area contributed by atoms with Gasteiger partial charge in [0.25, 0.3) is 5.91 Å². The standard InChI is InChI=1S/C26H28N2O3S/c1-3-31-22-12-7-6-11-21(22)24(29)28-15-14-26(18-28,25(30)27-2)17-19-9-4-5-10-20(19)23-13-8-16-32-23/h4-13,16H,3,14-15,17-18H2,1-2H3,(H,27,30)/t26-/m0/s1. The summed E-state index contributed by atoms with van der Waals surface area (Å²) in [6, 6.07) is 19.7. The largest absolute Gasteiger partial charge is 0.493 e. The van der Waals surface area contributed by atoms with E-state index < -0.39 is 5.41 Å². The van der Waals surface area contributed by atoms with Gasteiger partial charge in [-0.15, -0.1) is 11.3 Å². The first-order valence-electron chi connectivity index (χ1n) is 10.9. The van der Waals surface area contributed by atoms with Gasteiger partial charge in [0.05, 0.1) is 17.6 Å². The van der Waals surface area contributed by atoms with Crippen LogP contribution in [0.2, 0.25) is 0 Å². The van der Waals surface area contributed by atoms with E-state index in [-0.39, 0.29) is 11.8 Å². The van der Waals surface area contributed by atoms with Crippen LogP contribution in [0, 0.1) is 5.41 Å². The number of nitrogens with one attached hydrogen (secondary N) is 1. The first-order valence-corrected chi connectivity index (χ1v) is 11.8. The van der Waals surface area contributed by atoms with Crippen molar-refractivity contribution in [3.05, 3.63) is 77.2 Å². The molecule has 1 fully saturated rings. The maximum Gasteiger partial charge on any atom is 0.257 e. The van der Waals surface area contributed by atoms with Crippen LogP contribution in [0.1, 0.15) is 29.3 Å². The predicted octanol–water partition coefficient (Wildman–Crippen LogP) is 4.63. The maximum absolute atomic E-state index is 13.4. The van der Waals surface area contributed by atoms with Gasteiger partial charge in [-0.1, -0.05) is 42.5 Å². The Kier molecular flexibility index (Phi) is 6.61. The van der Waals surface area contributed by atoms with Crippen molar-refractivity contribution in [1.29, 1.82) is 0 Å². The lowest BCUT2D eigenvalue weighted by atomic mass is 9.78. The third-order valence-electron chi connectivity index (χ3n) is 6.10. The number of thiophene rings is 1. The van der Waals surface area contributed by atoms with Crippen molar-refractivity contribution in [2.75, 3.05) is 26.7 Å². The average Bonchev–Trinajstić information content (AvgIpc) is 3.50. The minimum atomic E-state index is -0.668. The second-order valence-electron chi connectivity index (χ2n) is 8.08. The normalized spacial score (nSPS) is 17.9. The van der Waals surface area contributed by atoms with Crippen LogP contribution in [0.3, 0.4) is 0 Å². The molecule has 1 aliphatic heterocycles. The van der Waals surface area contributed by atoms with E-state index in [1.807, 2.05) is 43.3 Å². The molecule has 1 aliphatic rings. The Balaban J connectivity index is 1.63. The first-order chi connectivity index (χ1) is 15.6. The molecule has 1 saturated heterocycles. The summed E-state index contributed by atoms with van der Waals surface area (Å²) < 4.78 is 5.67. The van der Waals surface area contributed by atoms with Crippen molar-refractivity contribution in [2.24, 2.45) is 5.41 Å². The zero-order valence-electron chi connectivity index (χ0n) is 18.5. The van der Waals surface area contributed by atoms with Crippen molar-refractivity contribution in [1.82, 2.24) is 10.2 Å². The summed E-state index contributed by atoms with van der Waals surface area (Å²) in [4.78, 5) is 29.5. The highest BCUT2D eigenvalue weighted by atomic mass is 32.1. The van der Waals surface area contributed by atoms with E-state index in [4.69, 9.17) is 4.74 Å². The molecule has 0 radical (unpaired) electrons. The van der Waals surface area contributed by atoms with E-state index in [9.17, 15) is 9.59 Å². The molecule has 0 spiro atoms. The summed E-state index contributed by atoms with van der Waals surface area (Å²) >= 11 is 1.69. The average molecular weight is 449 g/mol. The zero-order chi connectivity index (χ0) is 22.6. The fraction of sp³-hybridized carbons (Fsp3) is 0.308. The van der Waals surface area contributed by atoms with Crippen LogP contribution in [0.15, 0.2) is 66.0 Å². The Morgan fingerprint density at radius 2 is 1.88 bits per heavy atom. The fourth-order valence-corrected chi connectivity index (χ4v) is 5.31. The molecule has 1 atom stereocenters. The van der Waals surface area contributed by atoms with Crippen LogP contribution >= 0.6 is 11.3 Å². The molecule has 32 heavy (non-hydrogen) atoms. The third kappa shape index (κ3) is 4.28. The SMILES string of the molecule is CCOc1ccccc1C(=O)N1CC[C@@](Cc2ccccc2-c2cccs2)(C(=O)NC)C1. The second kappa shape index (κ2) is 9.57. The molecule has 0 saturated carbocycles. The number of para-hydroxylation sites is 1. The molecule has 1 aromatic heterocycles. The van der Waals surface area contributed by atoms with E-state index in [2.05, 4.69) is 28.9 Å². The summed E-state index contributed by atoms with van der Waals surface area (Å²) in [5, 5.41) is 4.92. The van der Waals surface area contributed by atoms with Crippen molar-refractivity contribution in [3.8, 4) is 16.2 Å². The second-order valence-corrected chi connectivity index (χ2v) is 9.02. The molecule has 166 valence electrons. The van der Waals surface area contributed by atoms with Gasteiger partial charge in [-0.3, -0.25) is 9.59 Å². The van der Waals surface area contributed by atoms with Crippen molar-refractivity contribution in [3.63, 3.8) is 0 Å². The van der Waals surface area contributed by atoms with Crippen LogP contribution in [-0.4, -0.2) is 43.5 Å². The molecule has 0 aliphatic carbocycles. The number of hydrogen-bond donors (Lipinski definition) is 1. The number of nitrogens with zero attached hydrogens (tertiary/aromatic N) is 1. The van der Waals surface area contributed by atoms with Crippen LogP contribution in [0.25, 0.3) is 10.4 Å². The van der Waals surface area contributed by atoms with Crippen LogP contribution in [0.4, 0.5) is 0 Å². The van der Waals surface area contributed by atoms with Crippen molar-refractivity contribution in [2.45, 2.75) is 19.8 Å². The zero-order valence-corrected chi connectivity index (χ0v) is 19.3. The Labute approximate surface area is 193 Å². The highest BCUT2D eigenvalue weighted by molar-refractivity contribution is 7.13. The predicted molar refractivity (Wildman–Crippen MR) is 128 cm³/mol. The minimum Gasteiger partial charge on any atom is -0.493 e. The molecule has 5 nitrogen and oxygen atoms in total. The van der Waals surface area contributed by atoms with Gasteiger partial charge in [-0.25, -0.2) is 0 Å². The van der Waals surface area contributed by atoms with Crippen LogP contribution < -0.4 is 10.1 Å². The minimum absolute atomic E-state index is 0.0214. The molecule has 2 heterocycles. The molecule has 2 aromatic carbocycles. The number of carbonyl (C=O) groups is 2. The van der Waals surface area contributed by atoms with Crippen molar-refractivity contribution >= 4 is 23.2 Å². The number of carbonyl (C=O) groups excluding carboxylic acids is 2. The molecule has 0 unspecified atom stereocenters. The number of likely N-dealkylation sites (tertiary alicyclic amines) is 1. The van der Waals surface area contributed by atoms with Gasteiger partial charge in [0.2, 0.25) is 5.91 Å². The molecular weight excluding hydrogens is 420 g/mol. The molecule has 3 aromatic rings. The maximum atomic E-state index is 13.4. The van der Waals surface area contributed by atoms with Gasteiger partial charge in [0.15, 0.2) is 0 Å². The molecule has 6 heteroatoms. The van der Waals surface area contributed by atoms with E-state index in [0.29, 0.717) is 43.9 Å². The van der Waals surface area contributed by atoms with Crippen molar-refractivity contribution < 1.29 is 14.3 Å². The molecule has 1 N–H and O–H groups in total. The van der Waals surface area contributed by atoms with E-state index in [0.717, 1.165) is 11.1 Å². The Hall–Kier alpha value is -3.12. The van der Waals surface area contributed by atoms with E-state index in [1.54, 1.807) is 29.4 Å². The number of benzene rings is 2. The van der Waals surface area contributed by atoms with Crippen LogP contribution in [-0.2, 0) is 11.2 Å². The lowest BCUT2D eigenvalue weighted by molar-refractivity contribution is -0.129. The Morgan fingerprint density at radius 1 is 1.09 bits per heavy atom. The van der Waals surface area contributed by atoms with Gasteiger partial charge in [-0.05, 0) is 54.5 Å². The number of amides is 2. The highest BCUT2D eigenvalue weighted by Gasteiger charge is 2.46. The van der Waals surface area contributed by atoms with Gasteiger partial charge in [-0.2, -0.15) is 0 Å². The quantitative estimate of drug-likeness (QED) is 0.573. The van der Waals surface area contributed by atoms with Gasteiger partial charge >= 0.3 is 0 Å². The summed E-state index contributed by atoms with van der Waals surface area (Å²) in [5.41, 5.74) is 2.15. The lowest BCUT2D eigenvalue weighted by Gasteiger charge is -2.28. The van der Waals surface area contributed by atoms with Gasteiger partial charge in [0.1, 0.15) is 5.75 Å². The Bertz CT molecular complexity index is 1100. The molecular formula is C26H28N2O3S. The van der Waals surface area contributed by atoms with E-state index in [1.165, 1.54) is 4.88 Å².